The molecule has 0 saturated carbocycles. The topological polar surface area (TPSA) is 47.0 Å². The van der Waals surface area contributed by atoms with Crippen molar-refractivity contribution >= 4 is 5.95 Å². The van der Waals surface area contributed by atoms with E-state index in [1.807, 2.05) is 44.3 Å². The molecule has 0 aliphatic rings. The van der Waals surface area contributed by atoms with E-state index in [1.165, 1.54) is 0 Å². The van der Waals surface area contributed by atoms with Gasteiger partial charge in [0.1, 0.15) is 5.75 Å². The third kappa shape index (κ3) is 2.53. The van der Waals surface area contributed by atoms with Gasteiger partial charge >= 0.3 is 0 Å². The summed E-state index contributed by atoms with van der Waals surface area (Å²) in [4.78, 5) is 8.68. The largest absolute Gasteiger partial charge is 0.497 e. The van der Waals surface area contributed by atoms with Gasteiger partial charge in [-0.1, -0.05) is 0 Å². The average Bonchev–Trinajstić information content (AvgIpc) is 2.38. The molecule has 0 bridgehead atoms. The highest BCUT2D eigenvalue weighted by Crippen LogP contribution is 2.21. The fourth-order valence-electron chi connectivity index (χ4n) is 1.59. The monoisotopic (exact) mass is 229 g/mol. The van der Waals surface area contributed by atoms with Crippen molar-refractivity contribution in [2.24, 2.45) is 0 Å². The summed E-state index contributed by atoms with van der Waals surface area (Å²) < 4.78 is 5.13. The van der Waals surface area contributed by atoms with E-state index < -0.39 is 0 Å². The van der Waals surface area contributed by atoms with E-state index >= 15 is 0 Å². The van der Waals surface area contributed by atoms with Crippen molar-refractivity contribution in [3.8, 4) is 17.0 Å². The molecule has 2 aromatic rings. The summed E-state index contributed by atoms with van der Waals surface area (Å²) in [6.45, 7) is 1.95. The molecule has 4 nitrogen and oxygen atoms in total. The first-order valence-corrected chi connectivity index (χ1v) is 5.41. The number of aryl methyl sites for hydroxylation is 1. The summed E-state index contributed by atoms with van der Waals surface area (Å²) in [7, 11) is 3.47. The smallest absolute Gasteiger partial charge is 0.223 e. The summed E-state index contributed by atoms with van der Waals surface area (Å²) in [6, 6.07) is 9.78. The molecule has 0 aliphatic carbocycles. The minimum Gasteiger partial charge on any atom is -0.497 e. The van der Waals surface area contributed by atoms with E-state index in [0.717, 1.165) is 22.7 Å². The quantitative estimate of drug-likeness (QED) is 0.878. The number of ether oxygens (including phenoxy) is 1. The van der Waals surface area contributed by atoms with Gasteiger partial charge in [0.05, 0.1) is 12.8 Å². The van der Waals surface area contributed by atoms with E-state index in [9.17, 15) is 0 Å². The van der Waals surface area contributed by atoms with Crippen molar-refractivity contribution in [2.45, 2.75) is 6.92 Å². The summed E-state index contributed by atoms with van der Waals surface area (Å²) in [5.41, 5.74) is 2.90. The molecule has 0 amide bonds. The Labute approximate surface area is 101 Å². The number of nitrogens with one attached hydrogen (secondary N) is 1. The third-order valence-corrected chi connectivity index (χ3v) is 2.46. The highest BCUT2D eigenvalue weighted by atomic mass is 16.5. The SMILES string of the molecule is CNc1nc(C)cc(-c2ccc(OC)cc2)n1. The molecule has 0 saturated heterocycles. The maximum Gasteiger partial charge on any atom is 0.223 e. The zero-order chi connectivity index (χ0) is 12.3. The van der Waals surface area contributed by atoms with Crippen LogP contribution in [0.25, 0.3) is 11.3 Å². The first kappa shape index (κ1) is 11.4. The lowest BCUT2D eigenvalue weighted by Crippen LogP contribution is -1.99. The van der Waals surface area contributed by atoms with Crippen LogP contribution in [0.2, 0.25) is 0 Å². The molecule has 1 heterocycles. The molecule has 4 heteroatoms. The number of aromatic nitrogens is 2. The van der Waals surface area contributed by atoms with E-state index in [2.05, 4.69) is 15.3 Å². The molecule has 88 valence electrons. The molecule has 0 fully saturated rings. The Balaban J connectivity index is 2.41. The maximum atomic E-state index is 5.13. The van der Waals surface area contributed by atoms with Crippen LogP contribution in [0.15, 0.2) is 30.3 Å². The van der Waals surface area contributed by atoms with Gasteiger partial charge < -0.3 is 10.1 Å². The van der Waals surface area contributed by atoms with Gasteiger partial charge in [-0.2, -0.15) is 0 Å². The lowest BCUT2D eigenvalue weighted by atomic mass is 10.1. The maximum absolute atomic E-state index is 5.13. The lowest BCUT2D eigenvalue weighted by Gasteiger charge is -2.06. The van der Waals surface area contributed by atoms with Crippen LogP contribution in [0.4, 0.5) is 5.95 Å². The molecule has 0 radical (unpaired) electrons. The first-order chi connectivity index (χ1) is 8.22. The molecule has 0 aliphatic heterocycles. The number of benzene rings is 1. The van der Waals surface area contributed by atoms with Gasteiger partial charge in [-0.25, -0.2) is 9.97 Å². The third-order valence-electron chi connectivity index (χ3n) is 2.46. The van der Waals surface area contributed by atoms with Crippen molar-refractivity contribution in [3.05, 3.63) is 36.0 Å². The van der Waals surface area contributed by atoms with Crippen LogP contribution in [0, 0.1) is 6.92 Å². The molecule has 2 rings (SSSR count). The molecular formula is C13H15N3O. The van der Waals surface area contributed by atoms with Gasteiger partial charge in [0.25, 0.3) is 0 Å². The Bertz CT molecular complexity index is 509. The summed E-state index contributed by atoms with van der Waals surface area (Å²) in [6.07, 6.45) is 0. The molecule has 17 heavy (non-hydrogen) atoms. The van der Waals surface area contributed by atoms with Crippen molar-refractivity contribution in [3.63, 3.8) is 0 Å². The van der Waals surface area contributed by atoms with E-state index in [-0.39, 0.29) is 0 Å². The highest BCUT2D eigenvalue weighted by molar-refractivity contribution is 5.61. The fourth-order valence-corrected chi connectivity index (χ4v) is 1.59. The molecule has 1 aromatic carbocycles. The summed E-state index contributed by atoms with van der Waals surface area (Å²) in [5.74, 6) is 1.48. The predicted molar refractivity (Wildman–Crippen MR) is 68.3 cm³/mol. The number of anilines is 1. The number of hydrogen-bond acceptors (Lipinski definition) is 4. The second kappa shape index (κ2) is 4.82. The van der Waals surface area contributed by atoms with Crippen LogP contribution in [0.1, 0.15) is 5.69 Å². The standard InChI is InChI=1S/C13H15N3O/c1-9-8-12(16-13(14-2)15-9)10-4-6-11(17-3)7-5-10/h4-8H,1-3H3,(H,14,15,16). The number of hydrogen-bond donors (Lipinski definition) is 1. The molecule has 0 spiro atoms. The number of methoxy groups -OCH3 is 1. The summed E-state index contributed by atoms with van der Waals surface area (Å²) in [5, 5.41) is 2.95. The lowest BCUT2D eigenvalue weighted by molar-refractivity contribution is 0.415. The minimum atomic E-state index is 0.635. The van der Waals surface area contributed by atoms with E-state index in [4.69, 9.17) is 4.74 Å². The molecule has 0 unspecified atom stereocenters. The van der Waals surface area contributed by atoms with Crippen LogP contribution >= 0.6 is 0 Å². The number of nitrogens with zero attached hydrogens (tertiary/aromatic N) is 2. The Kier molecular flexibility index (Phi) is 3.23. The van der Waals surface area contributed by atoms with E-state index in [0.29, 0.717) is 5.95 Å². The van der Waals surface area contributed by atoms with Crippen molar-refractivity contribution in [2.75, 3.05) is 19.5 Å². The normalized spacial score (nSPS) is 10.1. The molecule has 1 N–H and O–H groups in total. The predicted octanol–water partition coefficient (Wildman–Crippen LogP) is 2.50. The van der Waals surface area contributed by atoms with Crippen LogP contribution in [0.5, 0.6) is 5.75 Å². The molecule has 0 atom stereocenters. The minimum absolute atomic E-state index is 0.635. The van der Waals surface area contributed by atoms with Crippen LogP contribution < -0.4 is 10.1 Å². The average molecular weight is 229 g/mol. The Morgan fingerprint density at radius 2 is 1.82 bits per heavy atom. The van der Waals surface area contributed by atoms with Gasteiger partial charge in [-0.3, -0.25) is 0 Å². The zero-order valence-corrected chi connectivity index (χ0v) is 10.2. The van der Waals surface area contributed by atoms with Crippen LogP contribution in [-0.2, 0) is 0 Å². The van der Waals surface area contributed by atoms with Gasteiger partial charge in [-0.15, -0.1) is 0 Å². The van der Waals surface area contributed by atoms with Crippen LogP contribution in [-0.4, -0.2) is 24.1 Å². The first-order valence-electron chi connectivity index (χ1n) is 5.41. The van der Waals surface area contributed by atoms with Gasteiger partial charge in [0.2, 0.25) is 5.95 Å². The Morgan fingerprint density at radius 1 is 1.12 bits per heavy atom. The van der Waals surface area contributed by atoms with Gasteiger partial charge in [0, 0.05) is 18.3 Å². The molecular weight excluding hydrogens is 214 g/mol. The highest BCUT2D eigenvalue weighted by Gasteiger charge is 2.03. The Morgan fingerprint density at radius 3 is 2.41 bits per heavy atom. The number of rotatable bonds is 3. The Hall–Kier alpha value is -2.10. The van der Waals surface area contributed by atoms with Gasteiger partial charge in [-0.05, 0) is 37.3 Å². The second-order valence-corrected chi connectivity index (χ2v) is 3.70. The van der Waals surface area contributed by atoms with Gasteiger partial charge in [0.15, 0.2) is 0 Å². The van der Waals surface area contributed by atoms with Crippen LogP contribution in [0.3, 0.4) is 0 Å². The summed E-state index contributed by atoms with van der Waals surface area (Å²) >= 11 is 0. The molecule has 1 aromatic heterocycles. The van der Waals surface area contributed by atoms with Crippen molar-refractivity contribution in [1.82, 2.24) is 9.97 Å². The fraction of sp³-hybridized carbons (Fsp3) is 0.231. The van der Waals surface area contributed by atoms with Crippen molar-refractivity contribution < 1.29 is 4.74 Å². The second-order valence-electron chi connectivity index (χ2n) is 3.70. The van der Waals surface area contributed by atoms with E-state index in [1.54, 1.807) is 7.11 Å². The zero-order valence-electron chi connectivity index (χ0n) is 10.2. The van der Waals surface area contributed by atoms with Crippen molar-refractivity contribution in [1.29, 1.82) is 0 Å².